The Morgan fingerprint density at radius 2 is 1.19 bits per heavy atom. The second-order valence-electron chi connectivity index (χ2n) is 4.05. The third-order valence-electron chi connectivity index (χ3n) is 2.53. The minimum absolute atomic E-state index is 0.0249. The highest BCUT2D eigenvalue weighted by molar-refractivity contribution is 4.71. The third-order valence-corrected chi connectivity index (χ3v) is 2.53. The SMILES string of the molecule is OC[C@@H]1C[C@H](O)CO1.OC[C@H]1C[C@@H](O)CO1. The van der Waals surface area contributed by atoms with Crippen LogP contribution in [0, 0.1) is 0 Å². The summed E-state index contributed by atoms with van der Waals surface area (Å²) in [6.45, 7) is 0.810. The van der Waals surface area contributed by atoms with Crippen molar-refractivity contribution >= 4 is 0 Å². The van der Waals surface area contributed by atoms with Crippen LogP contribution in [-0.4, -0.2) is 71.3 Å². The highest BCUT2D eigenvalue weighted by Gasteiger charge is 2.22. The van der Waals surface area contributed by atoms with E-state index in [-0.39, 0.29) is 37.6 Å². The van der Waals surface area contributed by atoms with Gasteiger partial charge in [0.2, 0.25) is 0 Å². The predicted molar refractivity (Wildman–Crippen MR) is 54.9 cm³/mol. The summed E-state index contributed by atoms with van der Waals surface area (Å²) in [5, 5.41) is 34.5. The van der Waals surface area contributed by atoms with Crippen LogP contribution in [0.2, 0.25) is 0 Å². The zero-order valence-electron chi connectivity index (χ0n) is 9.16. The Kier molecular flexibility index (Phi) is 6.18. The Bertz CT molecular complexity index is 168. The van der Waals surface area contributed by atoms with Crippen molar-refractivity contribution in [3.8, 4) is 0 Å². The fourth-order valence-corrected chi connectivity index (χ4v) is 1.63. The molecule has 6 heteroatoms. The minimum atomic E-state index is -0.354. The van der Waals surface area contributed by atoms with E-state index in [9.17, 15) is 0 Å². The maximum atomic E-state index is 8.79. The van der Waals surface area contributed by atoms with Gasteiger partial charge in [0.15, 0.2) is 0 Å². The standard InChI is InChI=1S/2C5H10O3/c2*6-2-5-1-4(7)3-8-5/h2*4-7H,1-3H2/t2*4-,5-/m10/s1. The molecule has 0 radical (unpaired) electrons. The molecular weight excluding hydrogens is 216 g/mol. The van der Waals surface area contributed by atoms with E-state index in [0.717, 1.165) is 0 Å². The summed E-state index contributed by atoms with van der Waals surface area (Å²) >= 11 is 0. The Morgan fingerprint density at radius 3 is 1.31 bits per heavy atom. The number of hydrogen-bond donors (Lipinski definition) is 4. The van der Waals surface area contributed by atoms with Crippen LogP contribution in [0.15, 0.2) is 0 Å². The summed E-state index contributed by atoms with van der Waals surface area (Å²) in [6.07, 6.45) is 0.210. The molecule has 0 aliphatic carbocycles. The van der Waals surface area contributed by atoms with Crippen LogP contribution in [0.5, 0.6) is 0 Å². The van der Waals surface area contributed by atoms with Gasteiger partial charge in [0, 0.05) is 12.8 Å². The molecule has 4 N–H and O–H groups in total. The molecule has 0 aromatic heterocycles. The fraction of sp³-hybridized carbons (Fsp3) is 1.00. The largest absolute Gasteiger partial charge is 0.394 e. The van der Waals surface area contributed by atoms with Crippen molar-refractivity contribution in [1.29, 1.82) is 0 Å². The van der Waals surface area contributed by atoms with Crippen LogP contribution in [0.1, 0.15) is 12.8 Å². The molecule has 0 saturated carbocycles. The number of hydrogen-bond acceptors (Lipinski definition) is 6. The van der Waals surface area contributed by atoms with E-state index in [0.29, 0.717) is 26.1 Å². The molecule has 0 amide bonds. The maximum Gasteiger partial charge on any atom is 0.0832 e. The third kappa shape index (κ3) is 4.73. The summed E-state index contributed by atoms with van der Waals surface area (Å²) in [7, 11) is 0. The van der Waals surface area contributed by atoms with Crippen molar-refractivity contribution in [3.63, 3.8) is 0 Å². The number of ether oxygens (including phenoxy) is 2. The molecule has 2 saturated heterocycles. The van der Waals surface area contributed by atoms with E-state index in [1.165, 1.54) is 0 Å². The summed E-state index contributed by atoms with van der Waals surface area (Å²) in [5.74, 6) is 0. The molecule has 6 nitrogen and oxygen atoms in total. The summed E-state index contributed by atoms with van der Waals surface area (Å²) in [5.41, 5.74) is 0. The van der Waals surface area contributed by atoms with Crippen molar-refractivity contribution in [2.75, 3.05) is 26.4 Å². The Morgan fingerprint density at radius 1 is 0.812 bits per heavy atom. The Balaban J connectivity index is 0.000000160. The first kappa shape index (κ1) is 13.8. The minimum Gasteiger partial charge on any atom is -0.394 e. The predicted octanol–water partition coefficient (Wildman–Crippen LogP) is -1.74. The van der Waals surface area contributed by atoms with Crippen LogP contribution in [-0.2, 0) is 9.47 Å². The first-order valence-corrected chi connectivity index (χ1v) is 5.46. The molecular formula is C10H20O6. The van der Waals surface area contributed by atoms with Crippen LogP contribution >= 0.6 is 0 Å². The number of aliphatic hydroxyl groups excluding tert-OH is 4. The molecule has 0 spiro atoms. The highest BCUT2D eigenvalue weighted by atomic mass is 16.5. The molecule has 2 rings (SSSR count). The maximum absolute atomic E-state index is 8.79. The first-order valence-electron chi connectivity index (χ1n) is 5.46. The van der Waals surface area contributed by atoms with Crippen molar-refractivity contribution in [2.45, 2.75) is 37.3 Å². The molecule has 2 aliphatic heterocycles. The molecule has 0 unspecified atom stereocenters. The molecule has 96 valence electrons. The van der Waals surface area contributed by atoms with E-state index in [1.807, 2.05) is 0 Å². The van der Waals surface area contributed by atoms with Crippen molar-refractivity contribution in [1.82, 2.24) is 0 Å². The lowest BCUT2D eigenvalue weighted by Crippen LogP contribution is -2.10. The van der Waals surface area contributed by atoms with Gasteiger partial charge in [-0.05, 0) is 0 Å². The lowest BCUT2D eigenvalue weighted by atomic mass is 10.2. The van der Waals surface area contributed by atoms with Gasteiger partial charge in [0.25, 0.3) is 0 Å². The monoisotopic (exact) mass is 236 g/mol. The molecule has 2 heterocycles. The quantitative estimate of drug-likeness (QED) is 0.454. The van der Waals surface area contributed by atoms with Gasteiger partial charge in [-0.25, -0.2) is 0 Å². The number of rotatable bonds is 2. The van der Waals surface area contributed by atoms with Gasteiger partial charge in [-0.2, -0.15) is 0 Å². The topological polar surface area (TPSA) is 99.4 Å². The molecule has 4 atom stereocenters. The van der Waals surface area contributed by atoms with Gasteiger partial charge in [0.1, 0.15) is 0 Å². The lowest BCUT2D eigenvalue weighted by molar-refractivity contribution is 0.0516. The molecule has 16 heavy (non-hydrogen) atoms. The Labute approximate surface area is 94.4 Å². The molecule has 0 aromatic rings. The molecule has 0 bridgehead atoms. The summed E-state index contributed by atoms with van der Waals surface area (Å²) < 4.78 is 9.83. The zero-order chi connectivity index (χ0) is 12.0. The summed E-state index contributed by atoms with van der Waals surface area (Å²) in [4.78, 5) is 0. The van der Waals surface area contributed by atoms with E-state index in [4.69, 9.17) is 29.9 Å². The van der Waals surface area contributed by atoms with Gasteiger partial charge in [-0.15, -0.1) is 0 Å². The van der Waals surface area contributed by atoms with Crippen LogP contribution < -0.4 is 0 Å². The van der Waals surface area contributed by atoms with E-state index >= 15 is 0 Å². The van der Waals surface area contributed by atoms with Crippen LogP contribution in [0.3, 0.4) is 0 Å². The van der Waals surface area contributed by atoms with Crippen molar-refractivity contribution in [3.05, 3.63) is 0 Å². The van der Waals surface area contributed by atoms with Crippen molar-refractivity contribution < 1.29 is 29.9 Å². The molecule has 0 aromatic carbocycles. The first-order chi connectivity index (χ1) is 7.65. The molecule has 2 aliphatic rings. The van der Waals surface area contributed by atoms with Crippen molar-refractivity contribution in [2.24, 2.45) is 0 Å². The van der Waals surface area contributed by atoms with E-state index in [2.05, 4.69) is 0 Å². The lowest BCUT2D eigenvalue weighted by Gasteiger charge is -2.00. The van der Waals surface area contributed by atoms with Gasteiger partial charge in [-0.1, -0.05) is 0 Å². The smallest absolute Gasteiger partial charge is 0.0832 e. The van der Waals surface area contributed by atoms with E-state index in [1.54, 1.807) is 0 Å². The number of aliphatic hydroxyl groups is 4. The summed E-state index contributed by atoms with van der Waals surface area (Å²) in [6, 6.07) is 0. The van der Waals surface area contributed by atoms with Gasteiger partial charge in [-0.3, -0.25) is 0 Å². The second-order valence-corrected chi connectivity index (χ2v) is 4.05. The average Bonchev–Trinajstić information content (AvgIpc) is 2.88. The van der Waals surface area contributed by atoms with Gasteiger partial charge in [0.05, 0.1) is 50.8 Å². The normalized spacial score (nSPS) is 38.2. The van der Waals surface area contributed by atoms with Gasteiger partial charge < -0.3 is 29.9 Å². The Hall–Kier alpha value is -0.240. The fourth-order valence-electron chi connectivity index (χ4n) is 1.63. The van der Waals surface area contributed by atoms with Gasteiger partial charge >= 0.3 is 0 Å². The molecule has 2 fully saturated rings. The van der Waals surface area contributed by atoms with E-state index < -0.39 is 0 Å². The van der Waals surface area contributed by atoms with Crippen LogP contribution in [0.4, 0.5) is 0 Å². The highest BCUT2D eigenvalue weighted by Crippen LogP contribution is 2.11. The second kappa shape index (κ2) is 7.16. The average molecular weight is 236 g/mol. The van der Waals surface area contributed by atoms with Crippen LogP contribution in [0.25, 0.3) is 0 Å². The zero-order valence-corrected chi connectivity index (χ0v) is 9.16.